The van der Waals surface area contributed by atoms with E-state index in [-0.39, 0.29) is 17.1 Å². The van der Waals surface area contributed by atoms with E-state index in [9.17, 15) is 24.2 Å². The Balaban J connectivity index is 1.97. The molecule has 3 aromatic carbocycles. The molecule has 1 amide bonds. The van der Waals surface area contributed by atoms with E-state index in [2.05, 4.69) is 0 Å². The smallest absolute Gasteiger partial charge is 0.300 e. The van der Waals surface area contributed by atoms with Gasteiger partial charge >= 0.3 is 0 Å². The number of phenols is 1. The monoisotopic (exact) mass is 417 g/mol. The molecule has 2 N–H and O–H groups in total. The van der Waals surface area contributed by atoms with E-state index >= 15 is 0 Å². The van der Waals surface area contributed by atoms with Crippen LogP contribution in [-0.4, -0.2) is 21.9 Å². The maximum atomic E-state index is 13.5. The van der Waals surface area contributed by atoms with Gasteiger partial charge in [-0.15, -0.1) is 0 Å². The summed E-state index contributed by atoms with van der Waals surface area (Å²) in [7, 11) is 0. The number of aliphatic hydroxyl groups is 1. The average molecular weight is 417 g/mol. The third-order valence-electron chi connectivity index (χ3n) is 5.41. The van der Waals surface area contributed by atoms with Crippen LogP contribution < -0.4 is 4.90 Å². The standard InChI is InChI=1S/C25H20FNO4/c1-14-3-4-15(2)20(13-14)23(29)21-22(16-5-11-19(28)12-6-16)27(25(31)24(21)30)18-9-7-17(26)8-10-18/h3-13,22,28-29H,1-2H3/b23-21+. The van der Waals surface area contributed by atoms with Crippen LogP contribution in [0.4, 0.5) is 10.1 Å². The summed E-state index contributed by atoms with van der Waals surface area (Å²) in [6.45, 7) is 3.67. The van der Waals surface area contributed by atoms with Crippen molar-refractivity contribution < 1.29 is 24.2 Å². The first-order valence-electron chi connectivity index (χ1n) is 9.71. The highest BCUT2D eigenvalue weighted by molar-refractivity contribution is 6.51. The van der Waals surface area contributed by atoms with Gasteiger partial charge in [0.25, 0.3) is 11.7 Å². The quantitative estimate of drug-likeness (QED) is 0.365. The molecule has 0 radical (unpaired) electrons. The van der Waals surface area contributed by atoms with Gasteiger partial charge in [-0.25, -0.2) is 4.39 Å². The summed E-state index contributed by atoms with van der Waals surface area (Å²) in [4.78, 5) is 27.4. The number of phenolic OH excluding ortho intramolecular Hbond substituents is 1. The Morgan fingerprint density at radius 1 is 0.935 bits per heavy atom. The van der Waals surface area contributed by atoms with E-state index < -0.39 is 23.5 Å². The molecule has 0 aliphatic carbocycles. The summed E-state index contributed by atoms with van der Waals surface area (Å²) in [5.41, 5.74) is 2.88. The maximum Gasteiger partial charge on any atom is 0.300 e. The van der Waals surface area contributed by atoms with Crippen molar-refractivity contribution in [2.24, 2.45) is 0 Å². The number of amides is 1. The van der Waals surface area contributed by atoms with Gasteiger partial charge in [0.15, 0.2) is 0 Å². The van der Waals surface area contributed by atoms with Crippen molar-refractivity contribution in [1.29, 1.82) is 0 Å². The topological polar surface area (TPSA) is 77.8 Å². The lowest BCUT2D eigenvalue weighted by atomic mass is 9.93. The fourth-order valence-electron chi connectivity index (χ4n) is 3.81. The lowest BCUT2D eigenvalue weighted by Crippen LogP contribution is -2.29. The molecule has 1 unspecified atom stereocenters. The molecule has 0 saturated carbocycles. The summed E-state index contributed by atoms with van der Waals surface area (Å²) < 4.78 is 13.5. The molecule has 1 aliphatic rings. The molecule has 5 nitrogen and oxygen atoms in total. The number of nitrogens with zero attached hydrogens (tertiary/aromatic N) is 1. The number of halogens is 1. The Morgan fingerprint density at radius 2 is 1.58 bits per heavy atom. The number of ketones is 1. The van der Waals surface area contributed by atoms with Crippen molar-refractivity contribution in [3.63, 3.8) is 0 Å². The van der Waals surface area contributed by atoms with E-state index in [1.54, 1.807) is 25.1 Å². The van der Waals surface area contributed by atoms with Gasteiger partial charge in [0.2, 0.25) is 0 Å². The minimum absolute atomic E-state index is 0.0250. The van der Waals surface area contributed by atoms with Gasteiger partial charge in [0, 0.05) is 11.3 Å². The summed E-state index contributed by atoms with van der Waals surface area (Å²) in [6.07, 6.45) is 0. The Labute approximate surface area is 178 Å². The second-order valence-electron chi connectivity index (χ2n) is 7.56. The second kappa shape index (κ2) is 7.72. The number of aliphatic hydroxyl groups excluding tert-OH is 1. The van der Waals surface area contributed by atoms with Gasteiger partial charge < -0.3 is 10.2 Å². The summed E-state index contributed by atoms with van der Waals surface area (Å²) in [5, 5.41) is 20.9. The molecule has 1 heterocycles. The van der Waals surface area contributed by atoms with Crippen LogP contribution in [0.1, 0.15) is 28.3 Å². The van der Waals surface area contributed by atoms with Gasteiger partial charge in [-0.3, -0.25) is 14.5 Å². The van der Waals surface area contributed by atoms with Crippen LogP contribution in [-0.2, 0) is 9.59 Å². The summed E-state index contributed by atoms with van der Waals surface area (Å²) in [6, 6.07) is 15.8. The number of hydrogen-bond acceptors (Lipinski definition) is 4. The van der Waals surface area contributed by atoms with Crippen molar-refractivity contribution in [2.75, 3.05) is 4.90 Å². The number of benzene rings is 3. The zero-order valence-corrected chi connectivity index (χ0v) is 17.0. The van der Waals surface area contributed by atoms with Gasteiger partial charge in [-0.2, -0.15) is 0 Å². The van der Waals surface area contributed by atoms with E-state index in [4.69, 9.17) is 0 Å². The normalized spacial score (nSPS) is 17.9. The van der Waals surface area contributed by atoms with E-state index in [0.717, 1.165) is 11.1 Å². The SMILES string of the molecule is Cc1ccc(C)c(/C(O)=C2\C(=O)C(=O)N(c3ccc(F)cc3)C2c2ccc(O)cc2)c1. The molecule has 1 aliphatic heterocycles. The Kier molecular flexibility index (Phi) is 5.07. The Bertz CT molecular complexity index is 1210. The van der Waals surface area contributed by atoms with Crippen LogP contribution in [0.25, 0.3) is 5.76 Å². The molecule has 156 valence electrons. The number of aromatic hydroxyl groups is 1. The summed E-state index contributed by atoms with van der Waals surface area (Å²) >= 11 is 0. The lowest BCUT2D eigenvalue weighted by Gasteiger charge is -2.25. The van der Waals surface area contributed by atoms with Gasteiger partial charge in [-0.1, -0.05) is 29.8 Å². The van der Waals surface area contributed by atoms with Crippen molar-refractivity contribution in [3.05, 3.63) is 100 Å². The number of rotatable bonds is 3. The largest absolute Gasteiger partial charge is 0.508 e. The number of Topliss-reactive ketones (excluding diaryl/α,β-unsaturated/α-hetero) is 1. The predicted octanol–water partition coefficient (Wildman–Crippen LogP) is 4.77. The molecule has 1 fully saturated rings. The van der Waals surface area contributed by atoms with Gasteiger partial charge in [-0.05, 0) is 67.4 Å². The molecular weight excluding hydrogens is 397 g/mol. The lowest BCUT2D eigenvalue weighted by molar-refractivity contribution is -0.132. The van der Waals surface area contributed by atoms with Gasteiger partial charge in [0.1, 0.15) is 17.3 Å². The predicted molar refractivity (Wildman–Crippen MR) is 115 cm³/mol. The number of carbonyl (C=O) groups excluding carboxylic acids is 2. The zero-order chi connectivity index (χ0) is 22.3. The molecule has 4 rings (SSSR count). The van der Waals surface area contributed by atoms with Crippen LogP contribution in [0.5, 0.6) is 5.75 Å². The first-order valence-corrected chi connectivity index (χ1v) is 9.71. The van der Waals surface area contributed by atoms with E-state index in [0.29, 0.717) is 16.8 Å². The second-order valence-corrected chi connectivity index (χ2v) is 7.56. The number of carbonyl (C=O) groups is 2. The van der Waals surface area contributed by atoms with Crippen LogP contribution in [0.3, 0.4) is 0 Å². The molecule has 1 atom stereocenters. The third kappa shape index (κ3) is 3.57. The highest BCUT2D eigenvalue weighted by Gasteiger charge is 2.47. The first kappa shape index (κ1) is 20.3. The maximum absolute atomic E-state index is 13.5. The molecule has 1 saturated heterocycles. The molecule has 0 spiro atoms. The van der Waals surface area contributed by atoms with Crippen molar-refractivity contribution in [1.82, 2.24) is 0 Å². The number of aryl methyl sites for hydroxylation is 2. The van der Waals surface area contributed by atoms with E-state index in [1.807, 2.05) is 19.1 Å². The fraction of sp³-hybridized carbons (Fsp3) is 0.120. The minimum Gasteiger partial charge on any atom is -0.508 e. The molecular formula is C25H20FNO4. The van der Waals surface area contributed by atoms with Crippen LogP contribution in [0, 0.1) is 19.7 Å². The molecule has 3 aromatic rings. The first-order chi connectivity index (χ1) is 14.8. The van der Waals surface area contributed by atoms with Crippen LogP contribution >= 0.6 is 0 Å². The highest BCUT2D eigenvalue weighted by Crippen LogP contribution is 2.42. The summed E-state index contributed by atoms with van der Waals surface area (Å²) in [5.74, 6) is -2.38. The van der Waals surface area contributed by atoms with Crippen LogP contribution in [0.2, 0.25) is 0 Å². The van der Waals surface area contributed by atoms with Crippen molar-refractivity contribution >= 4 is 23.1 Å². The minimum atomic E-state index is -0.939. The molecule has 31 heavy (non-hydrogen) atoms. The molecule has 0 bridgehead atoms. The van der Waals surface area contributed by atoms with Crippen LogP contribution in [0.15, 0.2) is 72.3 Å². The Hall–Kier alpha value is -3.93. The van der Waals surface area contributed by atoms with Crippen molar-refractivity contribution in [2.45, 2.75) is 19.9 Å². The number of hydrogen-bond donors (Lipinski definition) is 2. The Morgan fingerprint density at radius 3 is 2.23 bits per heavy atom. The molecule has 6 heteroatoms. The highest BCUT2D eigenvalue weighted by atomic mass is 19.1. The number of anilines is 1. The fourth-order valence-corrected chi connectivity index (χ4v) is 3.81. The van der Waals surface area contributed by atoms with Gasteiger partial charge in [0.05, 0.1) is 11.6 Å². The third-order valence-corrected chi connectivity index (χ3v) is 5.41. The zero-order valence-electron chi connectivity index (χ0n) is 17.0. The van der Waals surface area contributed by atoms with E-state index in [1.165, 1.54) is 41.3 Å². The molecule has 0 aromatic heterocycles. The average Bonchev–Trinajstić information content (AvgIpc) is 3.01. The van der Waals surface area contributed by atoms with Crippen molar-refractivity contribution in [3.8, 4) is 5.75 Å².